The maximum atomic E-state index is 11.7. The lowest BCUT2D eigenvalue weighted by Crippen LogP contribution is -2.43. The summed E-state index contributed by atoms with van der Waals surface area (Å²) in [6.07, 6.45) is 0. The molecule has 0 saturated heterocycles. The van der Waals surface area contributed by atoms with E-state index in [-0.39, 0.29) is 36.4 Å². The molecule has 0 fully saturated rings. The molecule has 1 aromatic carbocycles. The first kappa shape index (κ1) is 23.4. The predicted molar refractivity (Wildman–Crippen MR) is 111 cm³/mol. The number of nitrogens with one attached hydrogen (secondary N) is 3. The minimum Gasteiger partial charge on any atom is -0.494 e. The third-order valence-electron chi connectivity index (χ3n) is 3.24. The van der Waals surface area contributed by atoms with Gasteiger partial charge in [-0.3, -0.25) is 9.79 Å². The number of halogens is 1. The summed E-state index contributed by atoms with van der Waals surface area (Å²) in [5.41, 5.74) is 2.19. The molecule has 8 heteroatoms. The summed E-state index contributed by atoms with van der Waals surface area (Å²) in [6, 6.07) is 6.08. The maximum Gasteiger partial charge on any atom is 0.239 e. The van der Waals surface area contributed by atoms with Crippen LogP contribution in [0.5, 0.6) is 5.75 Å². The number of aryl methyl sites for hydroxylation is 1. The van der Waals surface area contributed by atoms with Gasteiger partial charge in [-0.2, -0.15) is 0 Å². The van der Waals surface area contributed by atoms with E-state index in [1.165, 1.54) is 0 Å². The molecule has 0 heterocycles. The van der Waals surface area contributed by atoms with Crippen molar-refractivity contribution in [2.75, 3.05) is 40.5 Å². The van der Waals surface area contributed by atoms with E-state index in [4.69, 9.17) is 9.47 Å². The quantitative estimate of drug-likeness (QED) is 0.223. The Hall–Kier alpha value is -1.55. The highest BCUT2D eigenvalue weighted by atomic mass is 127. The summed E-state index contributed by atoms with van der Waals surface area (Å²) in [5, 5.41) is 8.89. The summed E-state index contributed by atoms with van der Waals surface area (Å²) in [5.74, 6) is 1.30. The fraction of sp³-hybridized carbons (Fsp3) is 0.529. The fourth-order valence-electron chi connectivity index (χ4n) is 2.02. The zero-order valence-corrected chi connectivity index (χ0v) is 17.7. The first-order valence-electron chi connectivity index (χ1n) is 8.03. The molecule has 0 unspecified atom stereocenters. The van der Waals surface area contributed by atoms with Crippen molar-refractivity contribution in [3.63, 3.8) is 0 Å². The average Bonchev–Trinajstić information content (AvgIpc) is 2.57. The Balaban J connectivity index is 0.00000576. The molecule has 0 spiro atoms. The van der Waals surface area contributed by atoms with Gasteiger partial charge in [-0.1, -0.05) is 12.1 Å². The number of carbonyl (C=O) groups excluding carboxylic acids is 1. The molecule has 0 aromatic heterocycles. The van der Waals surface area contributed by atoms with Crippen LogP contribution >= 0.6 is 24.0 Å². The van der Waals surface area contributed by atoms with Gasteiger partial charge in [-0.05, 0) is 25.5 Å². The maximum absolute atomic E-state index is 11.7. The first-order chi connectivity index (χ1) is 11.6. The molecule has 0 atom stereocenters. The number of aliphatic imine (C=N–C) groups is 1. The molecular weight excluding hydrogens is 435 g/mol. The molecule has 0 aliphatic heterocycles. The Bertz CT molecular complexity index is 553. The van der Waals surface area contributed by atoms with E-state index < -0.39 is 0 Å². The van der Waals surface area contributed by atoms with Gasteiger partial charge < -0.3 is 25.4 Å². The van der Waals surface area contributed by atoms with Gasteiger partial charge in [0.25, 0.3) is 0 Å². The van der Waals surface area contributed by atoms with Gasteiger partial charge in [0.05, 0.1) is 19.8 Å². The van der Waals surface area contributed by atoms with E-state index >= 15 is 0 Å². The number of ether oxygens (including phenoxy) is 2. The molecule has 0 aliphatic carbocycles. The lowest BCUT2D eigenvalue weighted by atomic mass is 10.1. The third-order valence-corrected chi connectivity index (χ3v) is 3.24. The number of benzene rings is 1. The third kappa shape index (κ3) is 9.49. The zero-order valence-electron chi connectivity index (χ0n) is 15.3. The standard InChI is InChI=1S/C17H28N4O3.HI/c1-5-24-15-10-13(2)6-7-14(15)11-20-17(18-3)21-12-16(22)19-8-9-23-4;/h6-7,10H,5,8-9,11-12H2,1-4H3,(H,19,22)(H2,18,20,21);1H. The number of nitrogens with zero attached hydrogens (tertiary/aromatic N) is 1. The summed E-state index contributed by atoms with van der Waals surface area (Å²) < 4.78 is 10.5. The van der Waals surface area contributed by atoms with E-state index in [0.29, 0.717) is 32.3 Å². The Morgan fingerprint density at radius 2 is 2.00 bits per heavy atom. The number of guanidine groups is 1. The van der Waals surface area contributed by atoms with E-state index in [2.05, 4.69) is 20.9 Å². The van der Waals surface area contributed by atoms with Crippen molar-refractivity contribution in [3.8, 4) is 5.75 Å². The molecule has 0 bridgehead atoms. The largest absolute Gasteiger partial charge is 0.494 e. The summed E-state index contributed by atoms with van der Waals surface area (Å²) in [6.45, 7) is 6.29. The monoisotopic (exact) mass is 464 g/mol. The van der Waals surface area contributed by atoms with Gasteiger partial charge >= 0.3 is 0 Å². The lowest BCUT2D eigenvalue weighted by molar-refractivity contribution is -0.120. The topological polar surface area (TPSA) is 84.0 Å². The van der Waals surface area contributed by atoms with Crippen LogP contribution in [0.2, 0.25) is 0 Å². The van der Waals surface area contributed by atoms with Crippen LogP contribution in [0.25, 0.3) is 0 Å². The first-order valence-corrected chi connectivity index (χ1v) is 8.03. The molecule has 7 nitrogen and oxygen atoms in total. The summed E-state index contributed by atoms with van der Waals surface area (Å²) in [7, 11) is 3.26. The SMILES string of the molecule is CCOc1cc(C)ccc1CNC(=NC)NCC(=O)NCCOC.I. The molecule has 0 aliphatic rings. The van der Waals surface area contributed by atoms with Gasteiger partial charge in [0.15, 0.2) is 5.96 Å². The highest BCUT2D eigenvalue weighted by Gasteiger charge is 2.06. The number of carbonyl (C=O) groups is 1. The second kappa shape index (κ2) is 13.7. The number of amides is 1. The van der Waals surface area contributed by atoms with Crippen LogP contribution in [-0.4, -0.2) is 52.3 Å². The minimum atomic E-state index is -0.111. The molecule has 1 rings (SSSR count). The van der Waals surface area contributed by atoms with E-state index in [9.17, 15) is 4.79 Å². The molecule has 0 radical (unpaired) electrons. The molecular formula is C17H29IN4O3. The normalized spacial score (nSPS) is 10.6. The van der Waals surface area contributed by atoms with Crippen molar-refractivity contribution >= 4 is 35.8 Å². The van der Waals surface area contributed by atoms with Gasteiger partial charge in [-0.25, -0.2) is 0 Å². The van der Waals surface area contributed by atoms with Gasteiger partial charge in [-0.15, -0.1) is 24.0 Å². The summed E-state index contributed by atoms with van der Waals surface area (Å²) >= 11 is 0. The lowest BCUT2D eigenvalue weighted by Gasteiger charge is -2.15. The van der Waals surface area contributed by atoms with Crippen molar-refractivity contribution in [3.05, 3.63) is 29.3 Å². The zero-order chi connectivity index (χ0) is 17.8. The minimum absolute atomic E-state index is 0. The molecule has 1 amide bonds. The fourth-order valence-corrected chi connectivity index (χ4v) is 2.02. The van der Waals surface area contributed by atoms with Crippen LogP contribution in [0, 0.1) is 6.92 Å². The van der Waals surface area contributed by atoms with E-state index in [1.807, 2.05) is 32.0 Å². The Morgan fingerprint density at radius 1 is 1.24 bits per heavy atom. The van der Waals surface area contributed by atoms with Gasteiger partial charge in [0, 0.05) is 32.8 Å². The second-order valence-corrected chi connectivity index (χ2v) is 5.17. The van der Waals surface area contributed by atoms with Gasteiger partial charge in [0.1, 0.15) is 5.75 Å². The average molecular weight is 464 g/mol. The van der Waals surface area contributed by atoms with Crippen LogP contribution < -0.4 is 20.7 Å². The number of rotatable bonds is 9. The molecule has 0 saturated carbocycles. The van der Waals surface area contributed by atoms with E-state index in [1.54, 1.807) is 14.2 Å². The van der Waals surface area contributed by atoms with Crippen LogP contribution in [0.1, 0.15) is 18.1 Å². The van der Waals surface area contributed by atoms with Crippen molar-refractivity contribution in [2.24, 2.45) is 4.99 Å². The molecule has 142 valence electrons. The second-order valence-electron chi connectivity index (χ2n) is 5.17. The highest BCUT2D eigenvalue weighted by Crippen LogP contribution is 2.20. The number of hydrogen-bond donors (Lipinski definition) is 3. The summed E-state index contributed by atoms with van der Waals surface area (Å²) in [4.78, 5) is 15.8. The van der Waals surface area contributed by atoms with Crippen molar-refractivity contribution in [1.29, 1.82) is 0 Å². The highest BCUT2D eigenvalue weighted by molar-refractivity contribution is 14.0. The smallest absolute Gasteiger partial charge is 0.239 e. The van der Waals surface area contributed by atoms with Crippen LogP contribution in [0.4, 0.5) is 0 Å². The van der Waals surface area contributed by atoms with Crippen molar-refractivity contribution < 1.29 is 14.3 Å². The number of hydrogen-bond acceptors (Lipinski definition) is 4. The Labute approximate surface area is 167 Å². The molecule has 25 heavy (non-hydrogen) atoms. The Kier molecular flexibility index (Phi) is 12.9. The Morgan fingerprint density at radius 3 is 2.64 bits per heavy atom. The van der Waals surface area contributed by atoms with Crippen LogP contribution in [-0.2, 0) is 16.1 Å². The molecule has 3 N–H and O–H groups in total. The van der Waals surface area contributed by atoms with Crippen molar-refractivity contribution in [1.82, 2.24) is 16.0 Å². The molecule has 1 aromatic rings. The van der Waals surface area contributed by atoms with E-state index in [0.717, 1.165) is 16.9 Å². The van der Waals surface area contributed by atoms with Crippen LogP contribution in [0.3, 0.4) is 0 Å². The van der Waals surface area contributed by atoms with Crippen molar-refractivity contribution in [2.45, 2.75) is 20.4 Å². The number of methoxy groups -OCH3 is 1. The van der Waals surface area contributed by atoms with Gasteiger partial charge in [0.2, 0.25) is 5.91 Å². The van der Waals surface area contributed by atoms with Crippen LogP contribution in [0.15, 0.2) is 23.2 Å². The predicted octanol–water partition coefficient (Wildman–Crippen LogP) is 1.44.